The molecule has 0 heterocycles. The van der Waals surface area contributed by atoms with E-state index in [2.05, 4.69) is 5.32 Å². The minimum Gasteiger partial charge on any atom is -0.495 e. The number of amides is 2. The maximum absolute atomic E-state index is 14.2. The first kappa shape index (κ1) is 32.2. The Morgan fingerprint density at radius 1 is 0.951 bits per heavy atom. The van der Waals surface area contributed by atoms with Crippen LogP contribution in [0.4, 0.5) is 5.69 Å². The van der Waals surface area contributed by atoms with Crippen LogP contribution in [0.5, 0.6) is 5.75 Å². The predicted molar refractivity (Wildman–Crippen MR) is 163 cm³/mol. The lowest BCUT2D eigenvalue weighted by atomic mass is 10.1. The first-order valence-electron chi connectivity index (χ1n) is 13.2. The van der Waals surface area contributed by atoms with Gasteiger partial charge in [0.2, 0.25) is 11.8 Å². The molecule has 220 valence electrons. The summed E-state index contributed by atoms with van der Waals surface area (Å²) in [7, 11) is -2.82. The molecule has 3 aromatic carbocycles. The number of halogens is 2. The third-order valence-corrected chi connectivity index (χ3v) is 9.10. The summed E-state index contributed by atoms with van der Waals surface area (Å²) < 4.78 is 34.7. The van der Waals surface area contributed by atoms with Crippen LogP contribution < -0.4 is 14.4 Å². The highest BCUT2D eigenvalue weighted by Gasteiger charge is 2.35. The van der Waals surface area contributed by atoms with Gasteiger partial charge in [-0.15, -0.1) is 0 Å². The average molecular weight is 621 g/mol. The molecule has 8 nitrogen and oxygen atoms in total. The minimum atomic E-state index is -4.25. The van der Waals surface area contributed by atoms with Crippen molar-refractivity contribution in [2.24, 2.45) is 0 Å². The first-order valence-corrected chi connectivity index (χ1v) is 15.4. The van der Waals surface area contributed by atoms with Gasteiger partial charge in [-0.25, -0.2) is 8.42 Å². The summed E-state index contributed by atoms with van der Waals surface area (Å²) in [6.45, 7) is 6.88. The molecule has 0 saturated heterocycles. The highest BCUT2D eigenvalue weighted by molar-refractivity contribution is 7.92. The molecule has 0 aliphatic heterocycles. The second kappa shape index (κ2) is 14.1. The molecule has 41 heavy (non-hydrogen) atoms. The topological polar surface area (TPSA) is 96.0 Å². The zero-order chi connectivity index (χ0) is 30.3. The zero-order valence-corrected chi connectivity index (χ0v) is 26.1. The van der Waals surface area contributed by atoms with Gasteiger partial charge in [0.25, 0.3) is 10.0 Å². The predicted octanol–water partition coefficient (Wildman–Crippen LogP) is 5.76. The third-order valence-electron chi connectivity index (χ3n) is 6.62. The molecule has 0 bridgehead atoms. The van der Waals surface area contributed by atoms with Gasteiger partial charge < -0.3 is 15.0 Å². The smallest absolute Gasteiger partial charge is 0.264 e. The molecule has 0 fully saturated rings. The number of anilines is 1. The van der Waals surface area contributed by atoms with E-state index in [0.29, 0.717) is 22.2 Å². The number of aryl methyl sites for hydroxylation is 2. The Morgan fingerprint density at radius 2 is 1.56 bits per heavy atom. The number of benzene rings is 3. The fourth-order valence-corrected chi connectivity index (χ4v) is 6.34. The Bertz CT molecular complexity index is 1480. The Morgan fingerprint density at radius 3 is 2.12 bits per heavy atom. The van der Waals surface area contributed by atoms with Gasteiger partial charge in [-0.05, 0) is 69.2 Å². The maximum Gasteiger partial charge on any atom is 0.264 e. The van der Waals surface area contributed by atoms with Crippen molar-refractivity contribution in [2.75, 3.05) is 24.5 Å². The molecule has 0 radical (unpaired) electrons. The van der Waals surface area contributed by atoms with E-state index >= 15 is 0 Å². The molecule has 0 aromatic heterocycles. The summed E-state index contributed by atoms with van der Waals surface area (Å²) in [4.78, 5) is 28.6. The van der Waals surface area contributed by atoms with Crippen LogP contribution in [0.25, 0.3) is 0 Å². The molecule has 2 amide bonds. The van der Waals surface area contributed by atoms with Gasteiger partial charge in [0.05, 0.1) is 17.7 Å². The van der Waals surface area contributed by atoms with E-state index in [-0.39, 0.29) is 35.2 Å². The number of sulfonamides is 1. The van der Waals surface area contributed by atoms with E-state index in [0.717, 1.165) is 15.4 Å². The number of methoxy groups -OCH3 is 1. The molecule has 1 atom stereocenters. The summed E-state index contributed by atoms with van der Waals surface area (Å²) in [5.41, 5.74) is 2.30. The lowest BCUT2D eigenvalue weighted by molar-refractivity contribution is -0.140. The lowest BCUT2D eigenvalue weighted by Crippen LogP contribution is -2.52. The number of nitrogens with zero attached hydrogens (tertiary/aromatic N) is 2. The van der Waals surface area contributed by atoms with E-state index < -0.39 is 28.5 Å². The third kappa shape index (κ3) is 7.52. The highest BCUT2D eigenvalue weighted by Crippen LogP contribution is 2.34. The van der Waals surface area contributed by atoms with E-state index in [1.807, 2.05) is 13.8 Å². The van der Waals surface area contributed by atoms with Gasteiger partial charge in [0, 0.05) is 28.7 Å². The molecule has 3 rings (SSSR count). The van der Waals surface area contributed by atoms with Crippen LogP contribution in [0.15, 0.2) is 65.6 Å². The quantitative estimate of drug-likeness (QED) is 0.278. The number of rotatable bonds is 12. The van der Waals surface area contributed by atoms with Gasteiger partial charge in [-0.1, -0.05) is 60.0 Å². The largest absolute Gasteiger partial charge is 0.495 e. The molecule has 0 aliphatic rings. The number of carbonyl (C=O) groups excluding carboxylic acids is 2. The average Bonchev–Trinajstić information content (AvgIpc) is 2.93. The minimum absolute atomic E-state index is 0.0101. The molecule has 3 aromatic rings. The fourth-order valence-electron chi connectivity index (χ4n) is 4.41. The second-order valence-electron chi connectivity index (χ2n) is 9.54. The Labute approximate surface area is 252 Å². The van der Waals surface area contributed by atoms with Crippen LogP contribution in [0.3, 0.4) is 0 Å². The Kier molecular flexibility index (Phi) is 11.1. The molecule has 0 saturated carbocycles. The Balaban J connectivity index is 2.17. The molecule has 0 unspecified atom stereocenters. The van der Waals surface area contributed by atoms with Gasteiger partial charge in [0.15, 0.2) is 0 Å². The summed E-state index contributed by atoms with van der Waals surface area (Å²) in [5.74, 6) is -0.707. The number of carbonyl (C=O) groups is 2. The monoisotopic (exact) mass is 619 g/mol. The molecule has 11 heteroatoms. The standard InChI is InChI=1S/C30H35Cl2N3O5S/c1-6-26(30(37)33-7-2)34(18-23-24(31)9-8-10-25(23)32)29(36)19-35(27-17-21(4)13-16-28(27)40-5)41(38,39)22-14-11-20(3)12-15-22/h8-17,26H,6-7,18-19H2,1-5H3,(H,33,37)/t26-/m1/s1. The van der Waals surface area contributed by atoms with Gasteiger partial charge in [-0.3, -0.25) is 13.9 Å². The van der Waals surface area contributed by atoms with Crippen LogP contribution in [-0.4, -0.2) is 51.4 Å². The summed E-state index contributed by atoms with van der Waals surface area (Å²) in [6, 6.07) is 15.5. The molecular weight excluding hydrogens is 585 g/mol. The zero-order valence-electron chi connectivity index (χ0n) is 23.8. The Hall–Kier alpha value is -3.27. The van der Waals surface area contributed by atoms with E-state index in [1.165, 1.54) is 24.1 Å². The van der Waals surface area contributed by atoms with Crippen molar-refractivity contribution in [3.05, 3.63) is 87.4 Å². The van der Waals surface area contributed by atoms with Crippen molar-refractivity contribution >= 4 is 50.7 Å². The van der Waals surface area contributed by atoms with Crippen molar-refractivity contribution in [3.8, 4) is 5.75 Å². The van der Waals surface area contributed by atoms with Crippen molar-refractivity contribution in [1.82, 2.24) is 10.2 Å². The molecule has 0 spiro atoms. The van der Waals surface area contributed by atoms with Crippen molar-refractivity contribution in [2.45, 2.75) is 51.6 Å². The molecule has 1 N–H and O–H groups in total. The number of nitrogens with one attached hydrogen (secondary N) is 1. The first-order chi connectivity index (χ1) is 19.4. The van der Waals surface area contributed by atoms with Crippen LogP contribution in [0.2, 0.25) is 10.0 Å². The van der Waals surface area contributed by atoms with Crippen molar-refractivity contribution in [3.63, 3.8) is 0 Å². The van der Waals surface area contributed by atoms with Crippen LogP contribution >= 0.6 is 23.2 Å². The van der Waals surface area contributed by atoms with E-state index in [4.69, 9.17) is 27.9 Å². The van der Waals surface area contributed by atoms with Crippen LogP contribution in [0, 0.1) is 13.8 Å². The fraction of sp³-hybridized carbons (Fsp3) is 0.333. The van der Waals surface area contributed by atoms with Crippen molar-refractivity contribution in [1.29, 1.82) is 0 Å². The highest BCUT2D eigenvalue weighted by atomic mass is 35.5. The second-order valence-corrected chi connectivity index (χ2v) is 12.2. The molecular formula is C30H35Cl2N3O5S. The molecule has 0 aliphatic carbocycles. The number of hydrogen-bond donors (Lipinski definition) is 1. The van der Waals surface area contributed by atoms with Crippen LogP contribution in [-0.2, 0) is 26.2 Å². The SMILES string of the molecule is CCNC(=O)[C@@H](CC)N(Cc1c(Cl)cccc1Cl)C(=O)CN(c1cc(C)ccc1OC)S(=O)(=O)c1ccc(C)cc1. The maximum atomic E-state index is 14.2. The van der Waals surface area contributed by atoms with E-state index in [9.17, 15) is 18.0 Å². The summed E-state index contributed by atoms with van der Waals surface area (Å²) in [5, 5.41) is 3.42. The van der Waals surface area contributed by atoms with Gasteiger partial charge >= 0.3 is 0 Å². The normalized spacial score (nSPS) is 12.0. The van der Waals surface area contributed by atoms with Gasteiger partial charge in [-0.2, -0.15) is 0 Å². The summed E-state index contributed by atoms with van der Waals surface area (Å²) in [6.07, 6.45) is 0.276. The van der Waals surface area contributed by atoms with Crippen molar-refractivity contribution < 1.29 is 22.7 Å². The number of ether oxygens (including phenoxy) is 1. The van der Waals surface area contributed by atoms with Gasteiger partial charge in [0.1, 0.15) is 18.3 Å². The summed E-state index contributed by atoms with van der Waals surface area (Å²) >= 11 is 12.9. The number of hydrogen-bond acceptors (Lipinski definition) is 5. The van der Waals surface area contributed by atoms with Crippen LogP contribution in [0.1, 0.15) is 37.0 Å². The number of likely N-dealkylation sites (N-methyl/N-ethyl adjacent to an activating group) is 1. The lowest BCUT2D eigenvalue weighted by Gasteiger charge is -2.34. The van der Waals surface area contributed by atoms with E-state index in [1.54, 1.807) is 62.4 Å².